The smallest absolute Gasteiger partial charge is 0.109 e. The standard InChI is InChI=1S/C9H12ClOP/c1-7-6-8(12(2,3)11)4-5-9(7)10/h4-6H,1-3H3. The molecular weight excluding hydrogens is 191 g/mol. The van der Waals surface area contributed by atoms with Gasteiger partial charge in [-0.15, -0.1) is 0 Å². The fourth-order valence-corrected chi connectivity index (χ4v) is 2.02. The van der Waals surface area contributed by atoms with Crippen LogP contribution in [0.3, 0.4) is 0 Å². The first-order valence-corrected chi connectivity index (χ1v) is 6.71. The molecule has 1 aromatic rings. The predicted octanol–water partition coefficient (Wildman–Crippen LogP) is 2.90. The van der Waals surface area contributed by atoms with Crippen LogP contribution in [0.1, 0.15) is 5.56 Å². The van der Waals surface area contributed by atoms with Gasteiger partial charge >= 0.3 is 0 Å². The lowest BCUT2D eigenvalue weighted by atomic mass is 10.2. The summed E-state index contributed by atoms with van der Waals surface area (Å²) in [5.41, 5.74) is 0.984. The Morgan fingerprint density at radius 3 is 2.33 bits per heavy atom. The molecule has 0 saturated heterocycles. The molecule has 0 radical (unpaired) electrons. The molecule has 0 aromatic heterocycles. The summed E-state index contributed by atoms with van der Waals surface area (Å²) in [7, 11) is -2.12. The van der Waals surface area contributed by atoms with Crippen molar-refractivity contribution in [2.75, 3.05) is 13.3 Å². The first-order valence-electron chi connectivity index (χ1n) is 3.73. The van der Waals surface area contributed by atoms with Crippen LogP contribution in [0.5, 0.6) is 0 Å². The quantitative estimate of drug-likeness (QED) is 0.640. The lowest BCUT2D eigenvalue weighted by Gasteiger charge is -2.07. The molecule has 0 unspecified atom stereocenters. The summed E-state index contributed by atoms with van der Waals surface area (Å²) < 4.78 is 11.6. The highest BCUT2D eigenvalue weighted by molar-refractivity contribution is 7.70. The first kappa shape index (κ1) is 9.83. The number of rotatable bonds is 1. The number of aryl methyl sites for hydroxylation is 1. The molecule has 0 N–H and O–H groups in total. The maximum atomic E-state index is 11.6. The van der Waals surface area contributed by atoms with Gasteiger partial charge in [-0.2, -0.15) is 0 Å². The summed E-state index contributed by atoms with van der Waals surface area (Å²) in [5, 5.41) is 1.62. The van der Waals surface area contributed by atoms with Crippen LogP contribution in [0.25, 0.3) is 0 Å². The van der Waals surface area contributed by atoms with Crippen molar-refractivity contribution in [1.29, 1.82) is 0 Å². The van der Waals surface area contributed by atoms with Gasteiger partial charge in [0, 0.05) is 10.3 Å². The van der Waals surface area contributed by atoms with Gasteiger partial charge in [0.05, 0.1) is 0 Å². The number of halogens is 1. The summed E-state index contributed by atoms with van der Waals surface area (Å²) in [6.07, 6.45) is 0. The molecule has 66 valence electrons. The van der Waals surface area contributed by atoms with E-state index in [0.29, 0.717) is 0 Å². The molecule has 0 aliphatic carbocycles. The Morgan fingerprint density at radius 1 is 1.33 bits per heavy atom. The van der Waals surface area contributed by atoms with Gasteiger partial charge in [-0.25, -0.2) is 0 Å². The molecule has 3 heteroatoms. The molecule has 12 heavy (non-hydrogen) atoms. The van der Waals surface area contributed by atoms with Crippen molar-refractivity contribution >= 4 is 24.0 Å². The van der Waals surface area contributed by atoms with E-state index in [-0.39, 0.29) is 0 Å². The Morgan fingerprint density at radius 2 is 1.92 bits per heavy atom. The molecule has 0 atom stereocenters. The summed E-state index contributed by atoms with van der Waals surface area (Å²) >= 11 is 5.84. The second-order valence-corrected chi connectivity index (χ2v) is 6.91. The summed E-state index contributed by atoms with van der Waals surface area (Å²) in [6, 6.07) is 5.52. The summed E-state index contributed by atoms with van der Waals surface area (Å²) in [4.78, 5) is 0. The zero-order valence-electron chi connectivity index (χ0n) is 7.47. The van der Waals surface area contributed by atoms with Crippen molar-refractivity contribution < 1.29 is 4.57 Å². The Balaban J connectivity index is 3.23. The van der Waals surface area contributed by atoms with Gasteiger partial charge in [0.1, 0.15) is 7.14 Å². The van der Waals surface area contributed by atoms with Crippen LogP contribution in [0.4, 0.5) is 0 Å². The fourth-order valence-electron chi connectivity index (χ4n) is 0.964. The third-order valence-electron chi connectivity index (χ3n) is 1.76. The van der Waals surface area contributed by atoms with Crippen molar-refractivity contribution in [3.63, 3.8) is 0 Å². The van der Waals surface area contributed by atoms with E-state index < -0.39 is 7.14 Å². The highest BCUT2D eigenvalue weighted by Gasteiger charge is 2.11. The molecule has 1 nitrogen and oxygen atoms in total. The third-order valence-corrected chi connectivity index (χ3v) is 3.71. The molecule has 0 amide bonds. The minimum absolute atomic E-state index is 0.729. The van der Waals surface area contributed by atoms with E-state index in [1.807, 2.05) is 19.1 Å². The van der Waals surface area contributed by atoms with Crippen molar-refractivity contribution in [2.24, 2.45) is 0 Å². The molecule has 0 fully saturated rings. The van der Waals surface area contributed by atoms with Crippen molar-refractivity contribution in [3.8, 4) is 0 Å². The molecule has 1 rings (SSSR count). The molecule has 0 aliphatic rings. The number of hydrogen-bond acceptors (Lipinski definition) is 1. The molecule has 0 spiro atoms. The Kier molecular flexibility index (Phi) is 2.65. The maximum absolute atomic E-state index is 11.6. The lowest BCUT2D eigenvalue weighted by Crippen LogP contribution is -2.02. The summed E-state index contributed by atoms with van der Waals surface area (Å²) in [6.45, 7) is 5.44. The van der Waals surface area contributed by atoms with Crippen LogP contribution in [-0.2, 0) is 4.57 Å². The third kappa shape index (κ3) is 2.12. The van der Waals surface area contributed by atoms with E-state index in [1.165, 1.54) is 0 Å². The molecule has 0 aliphatic heterocycles. The average Bonchev–Trinajstić information content (AvgIpc) is 1.92. The number of hydrogen-bond donors (Lipinski definition) is 0. The van der Waals surface area contributed by atoms with Crippen LogP contribution in [0.15, 0.2) is 18.2 Å². The van der Waals surface area contributed by atoms with Gasteiger partial charge in [-0.3, -0.25) is 0 Å². The SMILES string of the molecule is Cc1cc(P(C)(C)=O)ccc1Cl. The Hall–Kier alpha value is -0.260. The highest BCUT2D eigenvalue weighted by atomic mass is 35.5. The van der Waals surface area contributed by atoms with Gasteiger partial charge < -0.3 is 4.57 Å². The molecule has 0 heterocycles. The molecule has 0 saturated carbocycles. The second-order valence-electron chi connectivity index (χ2n) is 3.28. The van der Waals surface area contributed by atoms with E-state index in [2.05, 4.69) is 0 Å². The van der Waals surface area contributed by atoms with E-state index in [4.69, 9.17) is 11.6 Å². The molecule has 0 bridgehead atoms. The second kappa shape index (κ2) is 3.24. The predicted molar refractivity (Wildman–Crippen MR) is 55.3 cm³/mol. The van der Waals surface area contributed by atoms with Crippen LogP contribution >= 0.6 is 18.7 Å². The fraction of sp³-hybridized carbons (Fsp3) is 0.333. The van der Waals surface area contributed by atoms with E-state index >= 15 is 0 Å². The average molecular weight is 203 g/mol. The van der Waals surface area contributed by atoms with E-state index in [0.717, 1.165) is 15.9 Å². The minimum Gasteiger partial charge on any atom is -0.319 e. The van der Waals surface area contributed by atoms with Crippen molar-refractivity contribution in [3.05, 3.63) is 28.8 Å². The van der Waals surface area contributed by atoms with Crippen LogP contribution < -0.4 is 5.30 Å². The zero-order valence-corrected chi connectivity index (χ0v) is 9.12. The van der Waals surface area contributed by atoms with E-state index in [1.54, 1.807) is 19.4 Å². The topological polar surface area (TPSA) is 17.1 Å². The molecule has 1 aromatic carbocycles. The van der Waals surface area contributed by atoms with Gasteiger partial charge in [-0.1, -0.05) is 17.7 Å². The van der Waals surface area contributed by atoms with Crippen LogP contribution in [0.2, 0.25) is 5.02 Å². The maximum Gasteiger partial charge on any atom is 0.109 e. The lowest BCUT2D eigenvalue weighted by molar-refractivity contribution is 0.588. The van der Waals surface area contributed by atoms with Gasteiger partial charge in [-0.05, 0) is 37.9 Å². The van der Waals surface area contributed by atoms with Gasteiger partial charge in [0.15, 0.2) is 0 Å². The first-order chi connectivity index (χ1) is 5.41. The highest BCUT2D eigenvalue weighted by Crippen LogP contribution is 2.35. The Bertz CT molecular complexity index is 340. The van der Waals surface area contributed by atoms with Crippen molar-refractivity contribution in [1.82, 2.24) is 0 Å². The van der Waals surface area contributed by atoms with Gasteiger partial charge in [0.2, 0.25) is 0 Å². The van der Waals surface area contributed by atoms with Crippen molar-refractivity contribution in [2.45, 2.75) is 6.92 Å². The van der Waals surface area contributed by atoms with E-state index in [9.17, 15) is 4.57 Å². The summed E-state index contributed by atoms with van der Waals surface area (Å²) in [5.74, 6) is 0. The zero-order chi connectivity index (χ0) is 9.35. The number of benzene rings is 1. The monoisotopic (exact) mass is 202 g/mol. The normalized spacial score (nSPS) is 11.7. The van der Waals surface area contributed by atoms with Gasteiger partial charge in [0.25, 0.3) is 0 Å². The Labute approximate surface area is 78.1 Å². The minimum atomic E-state index is -2.12. The molecular formula is C9H12ClOP. The van der Waals surface area contributed by atoms with Crippen LogP contribution in [-0.4, -0.2) is 13.3 Å². The van der Waals surface area contributed by atoms with Crippen LogP contribution in [0, 0.1) is 6.92 Å². The largest absolute Gasteiger partial charge is 0.319 e.